The van der Waals surface area contributed by atoms with E-state index >= 15 is 0 Å². The van der Waals surface area contributed by atoms with Crippen molar-refractivity contribution >= 4 is 27.3 Å². The molecule has 0 unspecified atom stereocenters. The fourth-order valence-corrected chi connectivity index (χ4v) is 4.12. The van der Waals surface area contributed by atoms with Crippen molar-refractivity contribution in [2.75, 3.05) is 13.6 Å². The summed E-state index contributed by atoms with van der Waals surface area (Å²) in [7, 11) is 2.01. The summed E-state index contributed by atoms with van der Waals surface area (Å²) in [4.78, 5) is 3.15. The zero-order chi connectivity index (χ0) is 9.26. The molecule has 0 fully saturated rings. The highest BCUT2D eigenvalue weighted by Crippen LogP contribution is 2.38. The van der Waals surface area contributed by atoms with Gasteiger partial charge in [0.15, 0.2) is 0 Å². The fraction of sp³-hybridized carbons (Fsp3) is 0.600. The highest BCUT2D eigenvalue weighted by atomic mass is 79.9. The van der Waals surface area contributed by atoms with Crippen LogP contribution in [-0.2, 0) is 19.3 Å². The van der Waals surface area contributed by atoms with E-state index in [1.807, 2.05) is 18.4 Å². The van der Waals surface area contributed by atoms with Crippen molar-refractivity contribution in [3.05, 3.63) is 19.8 Å². The van der Waals surface area contributed by atoms with Crippen LogP contribution in [0.2, 0.25) is 0 Å². The molecule has 0 spiro atoms. The van der Waals surface area contributed by atoms with Crippen LogP contribution in [-0.4, -0.2) is 13.6 Å². The maximum Gasteiger partial charge on any atom is 0.0349 e. The minimum Gasteiger partial charge on any atom is -0.319 e. The predicted octanol–water partition coefficient (Wildman–Crippen LogP) is 2.76. The van der Waals surface area contributed by atoms with Crippen LogP contribution in [0.15, 0.2) is 4.47 Å². The highest BCUT2D eigenvalue weighted by Gasteiger charge is 2.19. The number of rotatable bonds is 3. The predicted molar refractivity (Wildman–Crippen MR) is 61.7 cm³/mol. The van der Waals surface area contributed by atoms with Gasteiger partial charge in [0.05, 0.1) is 0 Å². The molecule has 0 radical (unpaired) electrons. The first kappa shape index (κ1) is 9.69. The highest BCUT2D eigenvalue weighted by molar-refractivity contribution is 9.10. The lowest BCUT2D eigenvalue weighted by Crippen LogP contribution is -2.09. The number of fused-ring (bicyclic) bond motifs is 1. The Hall–Kier alpha value is 0.140. The van der Waals surface area contributed by atoms with Crippen LogP contribution in [0.25, 0.3) is 0 Å². The van der Waals surface area contributed by atoms with Crippen LogP contribution in [0.3, 0.4) is 0 Å². The lowest BCUT2D eigenvalue weighted by Gasteiger charge is -1.98. The van der Waals surface area contributed by atoms with E-state index in [1.54, 1.807) is 10.4 Å². The van der Waals surface area contributed by atoms with Gasteiger partial charge in [-0.15, -0.1) is 11.3 Å². The van der Waals surface area contributed by atoms with Gasteiger partial charge in [-0.3, -0.25) is 0 Å². The Labute approximate surface area is 91.7 Å². The molecule has 3 heteroatoms. The second-order valence-electron chi connectivity index (χ2n) is 3.45. The molecule has 1 heterocycles. The molecule has 2 rings (SSSR count). The van der Waals surface area contributed by atoms with Gasteiger partial charge < -0.3 is 5.32 Å². The molecule has 0 aliphatic heterocycles. The molecule has 0 atom stereocenters. The lowest BCUT2D eigenvalue weighted by molar-refractivity contribution is 0.796. The summed E-state index contributed by atoms with van der Waals surface area (Å²) >= 11 is 5.72. The third kappa shape index (κ3) is 1.83. The van der Waals surface area contributed by atoms with Gasteiger partial charge in [0.1, 0.15) is 0 Å². The van der Waals surface area contributed by atoms with E-state index in [4.69, 9.17) is 0 Å². The Bertz CT molecular complexity index is 306. The van der Waals surface area contributed by atoms with Crippen LogP contribution in [0.4, 0.5) is 0 Å². The van der Waals surface area contributed by atoms with Crippen molar-refractivity contribution in [3.63, 3.8) is 0 Å². The SMILES string of the molecule is CNCCc1sc2c(c1Br)CCC2. The van der Waals surface area contributed by atoms with E-state index in [0.29, 0.717) is 0 Å². The third-order valence-electron chi connectivity index (χ3n) is 2.53. The van der Waals surface area contributed by atoms with E-state index in [2.05, 4.69) is 21.2 Å². The van der Waals surface area contributed by atoms with Crippen LogP contribution in [0, 0.1) is 0 Å². The van der Waals surface area contributed by atoms with Gasteiger partial charge in [0.2, 0.25) is 0 Å². The molecule has 1 N–H and O–H groups in total. The third-order valence-corrected chi connectivity index (χ3v) is 5.10. The Morgan fingerprint density at radius 1 is 1.46 bits per heavy atom. The summed E-state index contributed by atoms with van der Waals surface area (Å²) in [5.74, 6) is 0. The summed E-state index contributed by atoms with van der Waals surface area (Å²) in [6, 6.07) is 0. The van der Waals surface area contributed by atoms with E-state index in [0.717, 1.165) is 13.0 Å². The van der Waals surface area contributed by atoms with Gasteiger partial charge >= 0.3 is 0 Å². The summed E-state index contributed by atoms with van der Waals surface area (Å²) in [5, 5.41) is 3.19. The Morgan fingerprint density at radius 3 is 3.00 bits per heavy atom. The Kier molecular flexibility index (Phi) is 3.06. The first-order chi connectivity index (χ1) is 6.33. The van der Waals surface area contributed by atoms with Gasteiger partial charge in [-0.1, -0.05) is 0 Å². The van der Waals surface area contributed by atoms with Crippen LogP contribution >= 0.6 is 27.3 Å². The number of likely N-dealkylation sites (N-methyl/N-ethyl adjacent to an activating group) is 1. The molecule has 1 aliphatic carbocycles. The van der Waals surface area contributed by atoms with Crippen LogP contribution < -0.4 is 5.32 Å². The molecule has 0 saturated carbocycles. The molecule has 0 aromatic carbocycles. The maximum atomic E-state index is 3.72. The van der Waals surface area contributed by atoms with Crippen molar-refractivity contribution < 1.29 is 0 Å². The zero-order valence-corrected chi connectivity index (χ0v) is 10.2. The van der Waals surface area contributed by atoms with Crippen molar-refractivity contribution in [2.45, 2.75) is 25.7 Å². The Morgan fingerprint density at radius 2 is 2.31 bits per heavy atom. The number of thiophene rings is 1. The zero-order valence-electron chi connectivity index (χ0n) is 7.82. The topological polar surface area (TPSA) is 12.0 Å². The molecule has 1 nitrogen and oxygen atoms in total. The molecule has 1 aromatic heterocycles. The number of hydrogen-bond donors (Lipinski definition) is 1. The Balaban J connectivity index is 2.18. The van der Waals surface area contributed by atoms with Crippen molar-refractivity contribution in [1.82, 2.24) is 5.32 Å². The second kappa shape index (κ2) is 4.11. The second-order valence-corrected chi connectivity index (χ2v) is 5.43. The quantitative estimate of drug-likeness (QED) is 0.881. The molecule has 0 saturated heterocycles. The smallest absolute Gasteiger partial charge is 0.0349 e. The monoisotopic (exact) mass is 259 g/mol. The normalized spacial score (nSPS) is 14.9. The summed E-state index contributed by atoms with van der Waals surface area (Å²) in [6.07, 6.45) is 5.10. The average molecular weight is 260 g/mol. The van der Waals surface area contributed by atoms with Gasteiger partial charge in [0, 0.05) is 14.2 Å². The lowest BCUT2D eigenvalue weighted by atomic mass is 10.2. The molecular formula is C10H14BrNS. The van der Waals surface area contributed by atoms with E-state index < -0.39 is 0 Å². The molecule has 0 amide bonds. The van der Waals surface area contributed by atoms with Crippen LogP contribution in [0.5, 0.6) is 0 Å². The molecule has 1 aromatic rings. The van der Waals surface area contributed by atoms with E-state index in [1.165, 1.54) is 28.6 Å². The average Bonchev–Trinajstić information content (AvgIpc) is 2.67. The van der Waals surface area contributed by atoms with Gasteiger partial charge in [-0.2, -0.15) is 0 Å². The summed E-state index contributed by atoms with van der Waals surface area (Å²) in [5.41, 5.74) is 1.59. The number of hydrogen-bond acceptors (Lipinski definition) is 2. The maximum absolute atomic E-state index is 3.72. The summed E-state index contributed by atoms with van der Waals surface area (Å²) in [6.45, 7) is 1.08. The first-order valence-electron chi connectivity index (χ1n) is 4.76. The molecular weight excluding hydrogens is 246 g/mol. The molecule has 13 heavy (non-hydrogen) atoms. The van der Waals surface area contributed by atoms with Crippen molar-refractivity contribution in [2.24, 2.45) is 0 Å². The first-order valence-corrected chi connectivity index (χ1v) is 6.37. The number of aryl methyl sites for hydroxylation is 1. The molecule has 1 aliphatic rings. The largest absolute Gasteiger partial charge is 0.319 e. The van der Waals surface area contributed by atoms with Crippen LogP contribution in [0.1, 0.15) is 21.7 Å². The van der Waals surface area contributed by atoms with Crippen molar-refractivity contribution in [3.8, 4) is 0 Å². The number of halogens is 1. The minimum absolute atomic E-state index is 1.08. The molecule has 0 bridgehead atoms. The van der Waals surface area contributed by atoms with Gasteiger partial charge in [-0.05, 0) is 60.8 Å². The van der Waals surface area contributed by atoms with E-state index in [9.17, 15) is 0 Å². The number of nitrogens with one attached hydrogen (secondary N) is 1. The van der Waals surface area contributed by atoms with Gasteiger partial charge in [-0.25, -0.2) is 0 Å². The fourth-order valence-electron chi connectivity index (χ4n) is 1.82. The standard InChI is InChI=1S/C10H14BrNS/c1-12-6-5-9-10(11)7-3-2-4-8(7)13-9/h12H,2-6H2,1H3. The molecule has 72 valence electrons. The van der Waals surface area contributed by atoms with Crippen molar-refractivity contribution in [1.29, 1.82) is 0 Å². The van der Waals surface area contributed by atoms with E-state index in [-0.39, 0.29) is 0 Å². The minimum atomic E-state index is 1.08. The summed E-state index contributed by atoms with van der Waals surface area (Å²) < 4.78 is 1.40. The van der Waals surface area contributed by atoms with Gasteiger partial charge in [0.25, 0.3) is 0 Å².